The smallest absolute Gasteiger partial charge is 0.251 e. The van der Waals surface area contributed by atoms with E-state index in [1.165, 1.54) is 29.8 Å². The Morgan fingerprint density at radius 1 is 0.941 bits per heavy atom. The van der Waals surface area contributed by atoms with Gasteiger partial charge < -0.3 is 9.88 Å². The molecule has 9 heteroatoms. The Bertz CT molecular complexity index is 1300. The maximum atomic E-state index is 12.5. The summed E-state index contributed by atoms with van der Waals surface area (Å²) < 4.78 is 29.6. The maximum Gasteiger partial charge on any atom is 0.251 e. The SMILES string of the molecule is O=C(NCCc1nccn1Cc1ccccc1)c1ccc(S(=O)(=O)NCCc2cccs2)cc1. The predicted octanol–water partition coefficient (Wildman–Crippen LogP) is 3.49. The van der Waals surface area contributed by atoms with Gasteiger partial charge in [0.15, 0.2) is 0 Å². The van der Waals surface area contributed by atoms with E-state index in [1.807, 2.05) is 41.9 Å². The van der Waals surface area contributed by atoms with Gasteiger partial charge in [-0.25, -0.2) is 18.1 Å². The van der Waals surface area contributed by atoms with Gasteiger partial charge >= 0.3 is 0 Å². The highest BCUT2D eigenvalue weighted by molar-refractivity contribution is 7.89. The van der Waals surface area contributed by atoms with Crippen LogP contribution in [0.3, 0.4) is 0 Å². The molecule has 0 saturated carbocycles. The fourth-order valence-electron chi connectivity index (χ4n) is 3.51. The van der Waals surface area contributed by atoms with E-state index >= 15 is 0 Å². The molecular formula is C25H26N4O3S2. The molecule has 0 bridgehead atoms. The summed E-state index contributed by atoms with van der Waals surface area (Å²) in [5.74, 6) is 0.634. The van der Waals surface area contributed by atoms with E-state index in [9.17, 15) is 13.2 Å². The number of rotatable bonds is 11. The van der Waals surface area contributed by atoms with Crippen molar-refractivity contribution >= 4 is 27.3 Å². The third-order valence-corrected chi connectivity index (χ3v) is 7.72. The van der Waals surface area contributed by atoms with E-state index in [1.54, 1.807) is 17.5 Å². The van der Waals surface area contributed by atoms with Crippen LogP contribution >= 0.6 is 11.3 Å². The van der Waals surface area contributed by atoms with Crippen molar-refractivity contribution in [3.05, 3.63) is 106 Å². The van der Waals surface area contributed by atoms with Crippen LogP contribution in [0.15, 0.2) is 89.4 Å². The summed E-state index contributed by atoms with van der Waals surface area (Å²) in [6.45, 7) is 1.47. The standard InChI is InChI=1S/C25H26N4O3S2/c30-25(27-14-13-24-26-16-17-29(24)19-20-5-2-1-3-6-20)21-8-10-23(11-9-21)34(31,32)28-15-12-22-7-4-18-33-22/h1-11,16-18,28H,12-15,19H2,(H,27,30). The summed E-state index contributed by atoms with van der Waals surface area (Å²) in [5.41, 5.74) is 1.59. The van der Waals surface area contributed by atoms with Crippen molar-refractivity contribution in [2.45, 2.75) is 24.3 Å². The number of carbonyl (C=O) groups is 1. The molecule has 2 heterocycles. The minimum atomic E-state index is -3.62. The molecule has 7 nitrogen and oxygen atoms in total. The van der Waals surface area contributed by atoms with Crippen LogP contribution in [-0.4, -0.2) is 37.0 Å². The van der Waals surface area contributed by atoms with Gasteiger partial charge in [0.1, 0.15) is 5.82 Å². The van der Waals surface area contributed by atoms with Crippen molar-refractivity contribution in [2.75, 3.05) is 13.1 Å². The van der Waals surface area contributed by atoms with Gasteiger partial charge in [-0.2, -0.15) is 0 Å². The zero-order chi connectivity index (χ0) is 23.8. The van der Waals surface area contributed by atoms with Crippen LogP contribution in [0.1, 0.15) is 26.6 Å². The van der Waals surface area contributed by atoms with Crippen molar-refractivity contribution in [2.24, 2.45) is 0 Å². The van der Waals surface area contributed by atoms with Crippen LogP contribution in [0.4, 0.5) is 0 Å². The topological polar surface area (TPSA) is 93.1 Å². The van der Waals surface area contributed by atoms with Gasteiger partial charge in [-0.05, 0) is 47.7 Å². The third kappa shape index (κ3) is 6.40. The lowest BCUT2D eigenvalue weighted by atomic mass is 10.2. The van der Waals surface area contributed by atoms with Gasteiger partial charge in [-0.3, -0.25) is 4.79 Å². The Labute approximate surface area is 203 Å². The Morgan fingerprint density at radius 3 is 2.47 bits per heavy atom. The fraction of sp³-hybridized carbons (Fsp3) is 0.200. The Hall–Kier alpha value is -3.27. The molecule has 0 aliphatic carbocycles. The van der Waals surface area contributed by atoms with Gasteiger partial charge in [0.2, 0.25) is 10.0 Å². The highest BCUT2D eigenvalue weighted by atomic mass is 32.2. The molecular weight excluding hydrogens is 468 g/mol. The number of thiophene rings is 1. The van der Waals surface area contributed by atoms with E-state index in [4.69, 9.17) is 0 Å². The van der Waals surface area contributed by atoms with E-state index in [2.05, 4.69) is 31.7 Å². The number of hydrogen-bond donors (Lipinski definition) is 2. The summed E-state index contributed by atoms with van der Waals surface area (Å²) >= 11 is 1.60. The number of imidazole rings is 1. The van der Waals surface area contributed by atoms with Crippen molar-refractivity contribution in [1.82, 2.24) is 19.6 Å². The second kappa shape index (κ2) is 11.2. The molecule has 2 aromatic carbocycles. The van der Waals surface area contributed by atoms with Gasteiger partial charge in [-0.1, -0.05) is 36.4 Å². The number of hydrogen-bond acceptors (Lipinski definition) is 5. The normalized spacial score (nSPS) is 11.4. The van der Waals surface area contributed by atoms with Crippen LogP contribution in [0.5, 0.6) is 0 Å². The predicted molar refractivity (Wildman–Crippen MR) is 133 cm³/mol. The zero-order valence-electron chi connectivity index (χ0n) is 18.6. The molecule has 0 fully saturated rings. The number of aromatic nitrogens is 2. The Balaban J connectivity index is 1.27. The lowest BCUT2D eigenvalue weighted by Gasteiger charge is -2.10. The van der Waals surface area contributed by atoms with Crippen molar-refractivity contribution in [3.63, 3.8) is 0 Å². The van der Waals surface area contributed by atoms with Crippen LogP contribution in [-0.2, 0) is 29.4 Å². The highest BCUT2D eigenvalue weighted by Gasteiger charge is 2.15. The van der Waals surface area contributed by atoms with Crippen LogP contribution in [0.2, 0.25) is 0 Å². The lowest BCUT2D eigenvalue weighted by Crippen LogP contribution is -2.27. The first-order valence-electron chi connectivity index (χ1n) is 11.0. The van der Waals surface area contributed by atoms with E-state index in [-0.39, 0.29) is 10.8 Å². The van der Waals surface area contributed by atoms with Gasteiger partial charge in [0.25, 0.3) is 5.91 Å². The van der Waals surface area contributed by atoms with Crippen molar-refractivity contribution in [1.29, 1.82) is 0 Å². The molecule has 4 rings (SSSR count). The van der Waals surface area contributed by atoms with E-state index < -0.39 is 10.0 Å². The molecule has 1 amide bonds. The summed E-state index contributed by atoms with van der Waals surface area (Å²) in [5, 5.41) is 4.84. The molecule has 0 atom stereocenters. The third-order valence-electron chi connectivity index (χ3n) is 5.30. The fourth-order valence-corrected chi connectivity index (χ4v) is 5.26. The maximum absolute atomic E-state index is 12.5. The molecule has 2 aromatic heterocycles. The summed E-state index contributed by atoms with van der Waals surface area (Å²) in [6, 6.07) is 20.0. The minimum absolute atomic E-state index is 0.137. The van der Waals surface area contributed by atoms with E-state index in [0.29, 0.717) is 31.5 Å². The van der Waals surface area contributed by atoms with Gasteiger partial charge in [0.05, 0.1) is 4.90 Å². The number of amides is 1. The Morgan fingerprint density at radius 2 is 1.74 bits per heavy atom. The molecule has 0 saturated heterocycles. The molecule has 0 spiro atoms. The van der Waals surface area contributed by atoms with Gasteiger partial charge in [0, 0.05) is 48.9 Å². The summed E-state index contributed by atoms with van der Waals surface area (Å²) in [6.07, 6.45) is 4.92. The Kier molecular flexibility index (Phi) is 7.89. The number of sulfonamides is 1. The van der Waals surface area contributed by atoms with Crippen LogP contribution in [0.25, 0.3) is 0 Å². The molecule has 176 valence electrons. The quantitative estimate of drug-likeness (QED) is 0.334. The van der Waals surface area contributed by atoms with Crippen molar-refractivity contribution < 1.29 is 13.2 Å². The summed E-state index contributed by atoms with van der Waals surface area (Å²) in [7, 11) is -3.62. The summed E-state index contributed by atoms with van der Waals surface area (Å²) in [4.78, 5) is 18.2. The lowest BCUT2D eigenvalue weighted by molar-refractivity contribution is 0.0954. The van der Waals surface area contributed by atoms with E-state index in [0.717, 1.165) is 17.2 Å². The van der Waals surface area contributed by atoms with Crippen LogP contribution < -0.4 is 10.0 Å². The monoisotopic (exact) mass is 494 g/mol. The number of carbonyl (C=O) groups excluding carboxylic acids is 1. The average molecular weight is 495 g/mol. The largest absolute Gasteiger partial charge is 0.352 e. The molecule has 0 aliphatic heterocycles. The molecule has 4 aromatic rings. The van der Waals surface area contributed by atoms with Crippen LogP contribution in [0, 0.1) is 0 Å². The minimum Gasteiger partial charge on any atom is -0.352 e. The second-order valence-electron chi connectivity index (χ2n) is 7.71. The number of nitrogens with zero attached hydrogens (tertiary/aromatic N) is 2. The average Bonchev–Trinajstić information content (AvgIpc) is 3.52. The molecule has 0 unspecified atom stereocenters. The molecule has 0 radical (unpaired) electrons. The highest BCUT2D eigenvalue weighted by Crippen LogP contribution is 2.12. The molecule has 34 heavy (non-hydrogen) atoms. The zero-order valence-corrected chi connectivity index (χ0v) is 20.2. The van der Waals surface area contributed by atoms with Crippen molar-refractivity contribution in [3.8, 4) is 0 Å². The first-order valence-corrected chi connectivity index (χ1v) is 13.3. The first-order chi connectivity index (χ1) is 16.5. The first kappa shape index (κ1) is 23.9. The van der Waals surface area contributed by atoms with Gasteiger partial charge in [-0.15, -0.1) is 11.3 Å². The second-order valence-corrected chi connectivity index (χ2v) is 10.5. The number of nitrogens with one attached hydrogen (secondary N) is 2. The molecule has 0 aliphatic rings. The molecule has 2 N–H and O–H groups in total. The number of benzene rings is 2.